The molecule has 2 heterocycles. The van der Waals surface area contributed by atoms with Gasteiger partial charge in [0, 0.05) is 14.5 Å². The first-order valence-electron chi connectivity index (χ1n) is 5.53. The van der Waals surface area contributed by atoms with Crippen molar-refractivity contribution in [2.45, 2.75) is 6.92 Å². The van der Waals surface area contributed by atoms with Gasteiger partial charge in [0.05, 0.1) is 0 Å². The summed E-state index contributed by atoms with van der Waals surface area (Å²) in [5.74, 6) is 0. The highest BCUT2D eigenvalue weighted by Gasteiger charge is 1.98. The summed E-state index contributed by atoms with van der Waals surface area (Å²) in [6.07, 6.45) is 4.40. The highest BCUT2D eigenvalue weighted by Crippen LogP contribution is 2.27. The van der Waals surface area contributed by atoms with Crippen molar-refractivity contribution in [1.82, 2.24) is 0 Å². The van der Waals surface area contributed by atoms with Crippen LogP contribution in [0.3, 0.4) is 0 Å². The average molecular weight is 256 g/mol. The van der Waals surface area contributed by atoms with Crippen molar-refractivity contribution in [2.24, 2.45) is 0 Å². The Bertz CT molecular complexity index is 638. The number of hydrogen-bond donors (Lipinski definition) is 0. The van der Waals surface area contributed by atoms with Crippen molar-refractivity contribution in [2.75, 3.05) is 0 Å². The van der Waals surface area contributed by atoms with Gasteiger partial charge >= 0.3 is 0 Å². The van der Waals surface area contributed by atoms with Gasteiger partial charge in [0.2, 0.25) is 0 Å². The quantitative estimate of drug-likeness (QED) is 0.572. The molecule has 0 radical (unpaired) electrons. The summed E-state index contributed by atoms with van der Waals surface area (Å²) >= 11 is 3.63. The number of thiophene rings is 2. The smallest absolute Gasteiger partial charge is 0.0349 e. The van der Waals surface area contributed by atoms with Gasteiger partial charge in [-0.3, -0.25) is 0 Å². The molecule has 0 aliphatic rings. The number of aryl methyl sites for hydroxylation is 1. The van der Waals surface area contributed by atoms with Gasteiger partial charge in [-0.1, -0.05) is 18.2 Å². The molecule has 0 nitrogen and oxygen atoms in total. The lowest BCUT2D eigenvalue weighted by atomic mass is 10.2. The normalized spacial score (nSPS) is 11.6. The number of fused-ring (bicyclic) bond motifs is 1. The Balaban J connectivity index is 1.92. The van der Waals surface area contributed by atoms with E-state index >= 15 is 0 Å². The highest BCUT2D eigenvalue weighted by molar-refractivity contribution is 7.19. The van der Waals surface area contributed by atoms with Gasteiger partial charge in [-0.25, -0.2) is 0 Å². The second kappa shape index (κ2) is 4.47. The third kappa shape index (κ3) is 2.33. The van der Waals surface area contributed by atoms with Crippen LogP contribution >= 0.6 is 22.7 Å². The summed E-state index contributed by atoms with van der Waals surface area (Å²) in [7, 11) is 0. The zero-order chi connectivity index (χ0) is 11.7. The predicted octanol–water partition coefficient (Wildman–Crippen LogP) is 5.44. The van der Waals surface area contributed by atoms with Crippen LogP contribution in [0.2, 0.25) is 0 Å². The second-order valence-corrected chi connectivity index (χ2v) is 6.10. The van der Waals surface area contributed by atoms with Crippen LogP contribution in [0.25, 0.3) is 22.2 Å². The number of benzene rings is 1. The van der Waals surface area contributed by atoms with E-state index in [9.17, 15) is 0 Å². The first-order chi connectivity index (χ1) is 8.31. The number of rotatable bonds is 2. The molecule has 0 atom stereocenters. The molecule has 0 spiro atoms. The minimum Gasteiger partial charge on any atom is -0.144 e. The van der Waals surface area contributed by atoms with Gasteiger partial charge < -0.3 is 0 Å². The third-order valence-electron chi connectivity index (χ3n) is 2.61. The minimum absolute atomic E-state index is 1.32. The van der Waals surface area contributed by atoms with E-state index in [0.717, 1.165) is 0 Å². The molecule has 3 rings (SSSR count). The second-order valence-electron chi connectivity index (χ2n) is 4.05. The van der Waals surface area contributed by atoms with Crippen molar-refractivity contribution in [3.63, 3.8) is 0 Å². The molecule has 0 aliphatic carbocycles. The van der Waals surface area contributed by atoms with Crippen LogP contribution in [0, 0.1) is 6.92 Å². The Kier molecular flexibility index (Phi) is 2.83. The molecule has 84 valence electrons. The fourth-order valence-electron chi connectivity index (χ4n) is 1.79. The molecule has 1 aromatic carbocycles. The molecule has 0 fully saturated rings. The fraction of sp³-hybridized carbons (Fsp3) is 0.0667. The van der Waals surface area contributed by atoms with Crippen molar-refractivity contribution < 1.29 is 0 Å². The SMILES string of the molecule is Cc1csc(C=Cc2cc3ccccc3s2)c1. The molecule has 0 aliphatic heterocycles. The molecule has 0 saturated heterocycles. The third-order valence-corrected chi connectivity index (χ3v) is 4.70. The topological polar surface area (TPSA) is 0 Å². The summed E-state index contributed by atoms with van der Waals surface area (Å²) in [6, 6.07) is 13.0. The highest BCUT2D eigenvalue weighted by atomic mass is 32.1. The summed E-state index contributed by atoms with van der Waals surface area (Å²) in [4.78, 5) is 2.64. The molecule has 17 heavy (non-hydrogen) atoms. The standard InChI is InChI=1S/C15H12S2/c1-11-8-13(16-10-11)6-7-14-9-12-4-2-3-5-15(12)17-14/h2-10H,1H3. The van der Waals surface area contributed by atoms with Crippen LogP contribution in [0.15, 0.2) is 41.8 Å². The van der Waals surface area contributed by atoms with Crippen LogP contribution < -0.4 is 0 Å². The summed E-state index contributed by atoms with van der Waals surface area (Å²) in [6.45, 7) is 2.13. The van der Waals surface area contributed by atoms with Gasteiger partial charge in [-0.15, -0.1) is 22.7 Å². The zero-order valence-corrected chi connectivity index (χ0v) is 11.1. The van der Waals surface area contributed by atoms with Gasteiger partial charge in [-0.05, 0) is 53.6 Å². The van der Waals surface area contributed by atoms with Crippen LogP contribution in [0.1, 0.15) is 15.3 Å². The van der Waals surface area contributed by atoms with Crippen LogP contribution in [-0.4, -0.2) is 0 Å². The molecule has 0 saturated carbocycles. The zero-order valence-electron chi connectivity index (χ0n) is 9.51. The first-order valence-corrected chi connectivity index (χ1v) is 7.23. The molecule has 0 amide bonds. The largest absolute Gasteiger partial charge is 0.144 e. The van der Waals surface area contributed by atoms with Crippen molar-refractivity contribution in [3.05, 3.63) is 57.1 Å². The molecule has 0 unspecified atom stereocenters. The lowest BCUT2D eigenvalue weighted by Crippen LogP contribution is -1.60. The van der Waals surface area contributed by atoms with Crippen LogP contribution in [0.4, 0.5) is 0 Å². The van der Waals surface area contributed by atoms with Gasteiger partial charge in [0.15, 0.2) is 0 Å². The molecule has 0 N–H and O–H groups in total. The molecule has 2 aromatic heterocycles. The van der Waals surface area contributed by atoms with E-state index in [1.54, 1.807) is 11.3 Å². The van der Waals surface area contributed by atoms with E-state index in [4.69, 9.17) is 0 Å². The van der Waals surface area contributed by atoms with Crippen molar-refractivity contribution >= 4 is 44.9 Å². The average Bonchev–Trinajstić information content (AvgIpc) is 2.91. The predicted molar refractivity (Wildman–Crippen MR) is 79.8 cm³/mol. The van der Waals surface area contributed by atoms with Gasteiger partial charge in [0.25, 0.3) is 0 Å². The van der Waals surface area contributed by atoms with Gasteiger partial charge in [-0.2, -0.15) is 0 Å². The summed E-state index contributed by atoms with van der Waals surface area (Å²) in [5, 5.41) is 3.52. The molecular weight excluding hydrogens is 244 g/mol. The monoisotopic (exact) mass is 256 g/mol. The Morgan fingerprint density at radius 3 is 2.59 bits per heavy atom. The molecular formula is C15H12S2. The van der Waals surface area contributed by atoms with E-state index in [-0.39, 0.29) is 0 Å². The Hall–Kier alpha value is -1.38. The maximum absolute atomic E-state index is 2.25. The fourth-order valence-corrected chi connectivity index (χ4v) is 3.55. The Morgan fingerprint density at radius 1 is 1.00 bits per heavy atom. The van der Waals surface area contributed by atoms with Crippen LogP contribution in [0.5, 0.6) is 0 Å². The van der Waals surface area contributed by atoms with Gasteiger partial charge in [0.1, 0.15) is 0 Å². The minimum atomic E-state index is 1.32. The van der Waals surface area contributed by atoms with E-state index in [1.807, 2.05) is 11.3 Å². The summed E-state index contributed by atoms with van der Waals surface area (Å²) in [5.41, 5.74) is 1.34. The van der Waals surface area contributed by atoms with E-state index in [2.05, 4.69) is 60.9 Å². The van der Waals surface area contributed by atoms with E-state index < -0.39 is 0 Å². The lowest BCUT2D eigenvalue weighted by molar-refractivity contribution is 1.55. The molecule has 3 aromatic rings. The first kappa shape index (κ1) is 10.8. The van der Waals surface area contributed by atoms with E-state index in [1.165, 1.54) is 25.4 Å². The van der Waals surface area contributed by atoms with Crippen LogP contribution in [-0.2, 0) is 0 Å². The van der Waals surface area contributed by atoms with Crippen molar-refractivity contribution in [3.8, 4) is 0 Å². The lowest BCUT2D eigenvalue weighted by Gasteiger charge is -1.83. The molecule has 0 bridgehead atoms. The van der Waals surface area contributed by atoms with E-state index in [0.29, 0.717) is 0 Å². The maximum Gasteiger partial charge on any atom is 0.0349 e. The Morgan fingerprint density at radius 2 is 1.82 bits per heavy atom. The molecule has 2 heteroatoms. The number of hydrogen-bond acceptors (Lipinski definition) is 2. The maximum atomic E-state index is 2.25. The van der Waals surface area contributed by atoms with Crippen molar-refractivity contribution in [1.29, 1.82) is 0 Å². The summed E-state index contributed by atoms with van der Waals surface area (Å²) < 4.78 is 1.36. The Labute approximate surface area is 109 Å².